The fraction of sp³-hybridized carbons (Fsp3) is 0.133. The van der Waals surface area contributed by atoms with Crippen molar-refractivity contribution in [2.24, 2.45) is 10.7 Å². The van der Waals surface area contributed by atoms with Gasteiger partial charge in [-0.05, 0) is 91.0 Å². The van der Waals surface area contributed by atoms with Gasteiger partial charge in [-0.3, -0.25) is 45.1 Å². The number of aliphatic hydroxyl groups excluding tert-OH is 1. The van der Waals surface area contributed by atoms with Crippen LogP contribution in [-0.2, 0) is 19.3 Å². The summed E-state index contributed by atoms with van der Waals surface area (Å²) in [6.07, 6.45) is 3.67. The molecular weight excluding hydrogens is 1330 g/mol. The third kappa shape index (κ3) is 28.4. The number of carboxylic acids is 1. The number of pyridine rings is 5. The molecule has 0 spiro atoms. The molecule has 6 heterocycles. The fourth-order valence-corrected chi connectivity index (χ4v) is 8.00. The summed E-state index contributed by atoms with van der Waals surface area (Å²) in [4.78, 5) is 82.7. The van der Waals surface area contributed by atoms with E-state index in [4.69, 9.17) is 48.9 Å². The van der Waals surface area contributed by atoms with Crippen molar-refractivity contribution in [3.63, 3.8) is 0 Å². The molecule has 0 saturated heterocycles. The van der Waals surface area contributed by atoms with Gasteiger partial charge in [0.2, 0.25) is 5.52 Å². The van der Waals surface area contributed by atoms with Crippen LogP contribution in [0.1, 0.15) is 18.5 Å². The molecule has 1 aliphatic heterocycles. The molecular formula is C60H57K2N15O14S2Si. The van der Waals surface area contributed by atoms with E-state index in [2.05, 4.69) is 48.1 Å². The molecule has 10 aromatic rings. The predicted octanol–water partition coefficient (Wildman–Crippen LogP) is 1.98. The van der Waals surface area contributed by atoms with E-state index < -0.39 is 40.9 Å². The molecule has 8 N–H and O–H groups in total. The van der Waals surface area contributed by atoms with E-state index in [9.17, 15) is 45.1 Å². The molecule has 1 aliphatic rings. The number of non-ortho nitro benzene ring substituents is 3. The van der Waals surface area contributed by atoms with E-state index in [1.807, 2.05) is 80.0 Å². The van der Waals surface area contributed by atoms with Crippen molar-refractivity contribution in [3.05, 3.63) is 217 Å². The number of benzene rings is 5. The van der Waals surface area contributed by atoms with Gasteiger partial charge in [-0.2, -0.15) is 27.9 Å². The van der Waals surface area contributed by atoms with Crippen LogP contribution in [-0.4, -0.2) is 107 Å². The van der Waals surface area contributed by atoms with Crippen molar-refractivity contribution in [3.8, 4) is 17.8 Å². The molecule has 11 rings (SSSR count). The Morgan fingerprint density at radius 1 is 0.734 bits per heavy atom. The van der Waals surface area contributed by atoms with Gasteiger partial charge < -0.3 is 49.0 Å². The Balaban J connectivity index is 0.00000110. The van der Waals surface area contributed by atoms with Gasteiger partial charge in [0, 0.05) is 112 Å². The van der Waals surface area contributed by atoms with E-state index in [1.165, 1.54) is 72.6 Å². The summed E-state index contributed by atoms with van der Waals surface area (Å²) in [5.74, 6) is -0.0462. The third-order valence-electron chi connectivity index (χ3n) is 11.2. The molecule has 474 valence electrons. The summed E-state index contributed by atoms with van der Waals surface area (Å²) in [7, 11) is -0.326. The Bertz CT molecular complexity index is 4440. The fourth-order valence-electron chi connectivity index (χ4n) is 6.91. The van der Waals surface area contributed by atoms with Gasteiger partial charge in [0.25, 0.3) is 23.5 Å². The molecule has 5 aromatic carbocycles. The Morgan fingerprint density at radius 3 is 1.60 bits per heavy atom. The number of rotatable bonds is 9. The number of aliphatic carboxylic acids is 1. The van der Waals surface area contributed by atoms with Gasteiger partial charge in [-0.1, -0.05) is 31.8 Å². The summed E-state index contributed by atoms with van der Waals surface area (Å²) < 4.78 is 7.11. The number of nitro benzene ring substituents is 3. The first-order valence-electron chi connectivity index (χ1n) is 26.6. The molecule has 0 saturated carbocycles. The minimum Gasteiger partial charge on any atom is -1.00 e. The topological polar surface area (TPSA) is 494 Å². The molecule has 0 radical (unpaired) electrons. The number of aliphatic imine (C=N–C) groups is 1. The molecule has 94 heavy (non-hydrogen) atoms. The summed E-state index contributed by atoms with van der Waals surface area (Å²) in [6.45, 7) is 5.88. The maximum absolute atomic E-state index is 11.2. The Hall–Kier alpha value is -8.43. The number of thiol groups is 1. The number of nitro groups is 3. The average Bonchev–Trinajstić information content (AvgIpc) is 1.29. The molecule has 5 aromatic heterocycles. The number of nitrogen functional groups attached to an aromatic ring is 2. The second kappa shape index (κ2) is 43.5. The van der Waals surface area contributed by atoms with Crippen LogP contribution in [0.3, 0.4) is 0 Å². The van der Waals surface area contributed by atoms with Gasteiger partial charge in [0.1, 0.15) is 36.3 Å². The van der Waals surface area contributed by atoms with Gasteiger partial charge in [0.15, 0.2) is 20.3 Å². The maximum Gasteiger partial charge on any atom is 1.00 e. The number of anilines is 2. The van der Waals surface area contributed by atoms with E-state index >= 15 is 0 Å². The van der Waals surface area contributed by atoms with Gasteiger partial charge in [0.05, 0.1) is 54.0 Å². The zero-order chi connectivity index (χ0) is 69.2. The van der Waals surface area contributed by atoms with E-state index in [-0.39, 0.29) is 128 Å². The molecule has 2 atom stereocenters. The SMILES string of the molecule is CO.C[Si](C)(C)C#N.N#Cc1ccc2cc(N)ccc2n1.N#Cc1ccc2cc([N+](=O)[O-])ccc2n1.Nc1ccc2nc(C3=N[C@@H](C(=O)O)CS3)ccc2c1.O=CO[O-].O=[N+]([O-])c1ccc2c(ccc[n+]2[O-])c1.O=[N+]([O-])c1ccc2ncccc2c1.[2H]N[C@H](C=O)CS.[H-].[K+].[K+]. The van der Waals surface area contributed by atoms with E-state index in [1.54, 1.807) is 60.8 Å². The Labute approximate surface area is 634 Å². The third-order valence-corrected chi connectivity index (χ3v) is 13.3. The van der Waals surface area contributed by atoms with Gasteiger partial charge >= 0.3 is 109 Å². The van der Waals surface area contributed by atoms with Crippen LogP contribution >= 0.6 is 24.4 Å². The number of carbonyl (C=O) groups is 3. The quantitative estimate of drug-likeness (QED) is 0.0138. The van der Waals surface area contributed by atoms with Crippen LogP contribution in [0, 0.1) is 69.2 Å². The number of aromatic nitrogens is 5. The molecule has 0 aliphatic carbocycles. The first-order chi connectivity index (χ1) is 44.4. The molecule has 0 amide bonds. The van der Waals surface area contributed by atoms with Gasteiger partial charge in [-0.15, -0.1) is 11.8 Å². The molecule has 34 heteroatoms. The minimum atomic E-state index is -1.33. The molecule has 0 bridgehead atoms. The van der Waals surface area contributed by atoms with Crippen molar-refractivity contribution in [2.75, 3.05) is 30.1 Å². The van der Waals surface area contributed by atoms with Crippen LogP contribution in [0.2, 0.25) is 21.1 Å². The van der Waals surface area contributed by atoms with Crippen molar-refractivity contribution in [2.45, 2.75) is 31.7 Å². The summed E-state index contributed by atoms with van der Waals surface area (Å²) in [5, 5.41) is 97.0. The van der Waals surface area contributed by atoms with Crippen LogP contribution < -0.4 is 130 Å². The van der Waals surface area contributed by atoms with Crippen LogP contribution in [0.15, 0.2) is 169 Å². The number of aliphatic hydroxyl groups is 1. The summed E-state index contributed by atoms with van der Waals surface area (Å²) in [6, 6.07) is 44.1. The first kappa shape index (κ1) is 81.7. The van der Waals surface area contributed by atoms with Crippen molar-refractivity contribution >= 4 is 139 Å². The van der Waals surface area contributed by atoms with Crippen molar-refractivity contribution < 1.29 is 160 Å². The number of nitrogens with zero attached hydrogens (tertiary/aromatic N) is 12. The van der Waals surface area contributed by atoms with Crippen LogP contribution in [0.5, 0.6) is 0 Å². The van der Waals surface area contributed by atoms with Crippen LogP contribution in [0.25, 0.3) is 54.5 Å². The van der Waals surface area contributed by atoms with E-state index in [0.717, 1.165) is 39.8 Å². The van der Waals surface area contributed by atoms with Gasteiger partial charge in [-0.25, -0.2) is 25.0 Å². The summed E-state index contributed by atoms with van der Waals surface area (Å²) >= 11 is 5.19. The minimum absolute atomic E-state index is 0. The molecule has 0 fully saturated rings. The molecule has 29 nitrogen and oxygen atoms in total. The number of nitriles is 3. The summed E-state index contributed by atoms with van der Waals surface area (Å²) in [5.41, 5.74) is 21.9. The number of thioether (sulfide) groups is 1. The Kier molecular flexibility index (Phi) is 37.8. The smallest absolute Gasteiger partial charge is 1.00 e. The first-order valence-corrected chi connectivity index (χ1v) is 31.2. The average molecular weight is 1380 g/mol. The normalized spacial score (nSPS) is 11.6. The zero-order valence-corrected chi connectivity index (χ0v) is 59.9. The second-order valence-electron chi connectivity index (χ2n) is 18.9. The second-order valence-corrected chi connectivity index (χ2v) is 25.0. The predicted molar refractivity (Wildman–Crippen MR) is 352 cm³/mol. The van der Waals surface area contributed by atoms with Crippen molar-refractivity contribution in [1.29, 1.82) is 15.8 Å². The monoisotopic (exact) mass is 1380 g/mol. The van der Waals surface area contributed by atoms with Crippen molar-refractivity contribution in [1.82, 2.24) is 19.9 Å². The number of nitrogens with two attached hydrogens (primary N) is 3. The number of carboxylic acid groups (broad SMARTS) is 1. The standard InChI is InChI=1S/C13H11N3O2S.C10H5N3O2.C10H7N3.C9H6N2O3.C9H6N2O2.C4H9NSi.C3H7NOS.CH2O3.CH4O.2K.H/c14-8-2-4-9-7(5-8)1-3-10(15-9)12-16-11(6-19-12)13(17)18;11-6-8-2-1-7-5-9(13(14)15)3-4-10(7)12-8;11-6-9-3-1-7-5-8(12)2-4-10(7)13-9;12-10-5-1-2-7-6-8(11(13)14)3-4-9(7)10;12-11(13)8-3-4-9-7(6-8)2-1-5-10-9;1-6(2,3)4-5;4-3(1-5)2-6;2-1-4-3;1-2;;;/h1-5,11H,6,14H2,(H,17,18);1-5H;1-5H,12H2;1-6H;1-6H;1-3H3;1,3,6H,2,4H2;1,3H;2H,1H3;;;/q;;;;;;;;;2*+1;-1/p-1/t11-;;;;;;3-;;;;;/m1.....1...../s1/i/hD. The molecule has 0 unspecified atom stereocenters. The number of carbonyl (C=O) groups excluding carboxylic acids is 2. The van der Waals surface area contributed by atoms with E-state index in [0.29, 0.717) is 77.8 Å². The number of hydrogen-bond donors (Lipinski definition) is 6. The number of hydrogen-bond acceptors (Lipinski definition) is 26. The zero-order valence-electron chi connectivity index (χ0n) is 53.0. The Morgan fingerprint density at radius 2 is 1.17 bits per heavy atom. The maximum atomic E-state index is 11.2. The largest absolute Gasteiger partial charge is 1.00 e. The van der Waals surface area contributed by atoms with Crippen LogP contribution in [0.4, 0.5) is 28.4 Å². The number of aldehydes is 1. The number of fused-ring (bicyclic) bond motifs is 5.